The third-order valence-electron chi connectivity index (χ3n) is 3.18. The van der Waals surface area contributed by atoms with E-state index in [0.717, 1.165) is 0 Å². The summed E-state index contributed by atoms with van der Waals surface area (Å²) in [5, 5.41) is 9.01. The van der Waals surface area contributed by atoms with E-state index in [2.05, 4.69) is 15.9 Å². The van der Waals surface area contributed by atoms with Crippen molar-refractivity contribution in [2.24, 2.45) is 0 Å². The Morgan fingerprint density at radius 2 is 2.20 bits per heavy atom. The highest BCUT2D eigenvalue weighted by Gasteiger charge is 2.32. The molecule has 1 heterocycles. The van der Waals surface area contributed by atoms with E-state index in [1.54, 1.807) is 12.1 Å². The van der Waals surface area contributed by atoms with Crippen LogP contribution in [0.15, 0.2) is 28.7 Å². The molecule has 1 N–H and O–H groups in total. The van der Waals surface area contributed by atoms with Crippen molar-refractivity contribution in [1.29, 1.82) is 0 Å². The number of carbonyl (C=O) groups is 2. The molecule has 1 saturated heterocycles. The molecule has 1 aliphatic heterocycles. The summed E-state index contributed by atoms with van der Waals surface area (Å²) < 4.78 is 14.2. The lowest BCUT2D eigenvalue weighted by molar-refractivity contribution is -0.146. The Morgan fingerprint density at radius 3 is 2.90 bits per heavy atom. The number of aliphatic carboxylic acids is 1. The Balaban J connectivity index is 2.13. The second-order valence-corrected chi connectivity index (χ2v) is 5.44. The third-order valence-corrected chi connectivity index (χ3v) is 3.68. The monoisotopic (exact) mass is 341 g/mol. The summed E-state index contributed by atoms with van der Waals surface area (Å²) in [6.07, 6.45) is 3.70. The summed E-state index contributed by atoms with van der Waals surface area (Å²) in [4.78, 5) is 24.3. The fourth-order valence-corrected chi connectivity index (χ4v) is 2.57. The highest BCUT2D eigenvalue weighted by Crippen LogP contribution is 2.20. The maximum absolute atomic E-state index is 13.5. The van der Waals surface area contributed by atoms with E-state index >= 15 is 0 Å². The molecule has 0 spiro atoms. The summed E-state index contributed by atoms with van der Waals surface area (Å²) in [5.74, 6) is -1.85. The molecule has 1 fully saturated rings. The second-order valence-electron chi connectivity index (χ2n) is 4.53. The number of carbonyl (C=O) groups excluding carboxylic acids is 1. The van der Waals surface area contributed by atoms with Gasteiger partial charge in [0.25, 0.3) is 0 Å². The molecule has 1 aromatic rings. The van der Waals surface area contributed by atoms with Crippen molar-refractivity contribution >= 4 is 33.9 Å². The number of hydrogen-bond donors (Lipinski definition) is 1. The van der Waals surface area contributed by atoms with Crippen molar-refractivity contribution in [1.82, 2.24) is 4.90 Å². The number of nitrogens with zero attached hydrogens (tertiary/aromatic N) is 1. The van der Waals surface area contributed by atoms with Crippen LogP contribution < -0.4 is 0 Å². The first-order valence-electron chi connectivity index (χ1n) is 6.15. The highest BCUT2D eigenvalue weighted by atomic mass is 79.9. The lowest BCUT2D eigenvalue weighted by Gasteiger charge is -2.19. The van der Waals surface area contributed by atoms with Crippen LogP contribution in [0.5, 0.6) is 0 Å². The Labute approximate surface area is 124 Å². The van der Waals surface area contributed by atoms with Gasteiger partial charge >= 0.3 is 5.97 Å². The van der Waals surface area contributed by atoms with Gasteiger partial charge in [0.1, 0.15) is 11.9 Å². The van der Waals surface area contributed by atoms with E-state index in [-0.39, 0.29) is 5.56 Å². The highest BCUT2D eigenvalue weighted by molar-refractivity contribution is 9.10. The number of hydrogen-bond acceptors (Lipinski definition) is 2. The van der Waals surface area contributed by atoms with E-state index in [0.29, 0.717) is 23.9 Å². The van der Waals surface area contributed by atoms with Crippen LogP contribution in [-0.2, 0) is 9.59 Å². The predicted molar refractivity (Wildman–Crippen MR) is 75.5 cm³/mol. The van der Waals surface area contributed by atoms with Gasteiger partial charge in [-0.05, 0) is 37.1 Å². The Bertz CT molecular complexity index is 574. The summed E-state index contributed by atoms with van der Waals surface area (Å²) >= 11 is 3.22. The molecule has 6 heteroatoms. The lowest BCUT2D eigenvalue weighted by Crippen LogP contribution is -2.39. The van der Waals surface area contributed by atoms with Gasteiger partial charge in [-0.1, -0.05) is 15.9 Å². The van der Waals surface area contributed by atoms with Crippen LogP contribution >= 0.6 is 15.9 Å². The Hall–Kier alpha value is -1.69. The van der Waals surface area contributed by atoms with Crippen molar-refractivity contribution in [3.8, 4) is 0 Å². The summed E-state index contributed by atoms with van der Waals surface area (Å²) in [7, 11) is 0. The van der Waals surface area contributed by atoms with Crippen LogP contribution in [0.25, 0.3) is 6.08 Å². The molecule has 0 unspecified atom stereocenters. The van der Waals surface area contributed by atoms with Crippen molar-refractivity contribution < 1.29 is 19.1 Å². The molecule has 0 aromatic heterocycles. The van der Waals surface area contributed by atoms with Crippen LogP contribution in [0.4, 0.5) is 4.39 Å². The molecule has 0 radical (unpaired) electrons. The van der Waals surface area contributed by atoms with Gasteiger partial charge in [0.2, 0.25) is 5.91 Å². The van der Waals surface area contributed by atoms with Gasteiger partial charge in [-0.25, -0.2) is 9.18 Å². The average Bonchev–Trinajstić information content (AvgIpc) is 2.89. The zero-order valence-corrected chi connectivity index (χ0v) is 12.1. The molecule has 0 bridgehead atoms. The first-order chi connectivity index (χ1) is 9.49. The predicted octanol–water partition coefficient (Wildman–Crippen LogP) is 2.68. The minimum Gasteiger partial charge on any atom is -0.480 e. The van der Waals surface area contributed by atoms with Crippen LogP contribution in [0, 0.1) is 5.82 Å². The molecule has 4 nitrogen and oxygen atoms in total. The molecule has 0 saturated carbocycles. The molecule has 0 aliphatic carbocycles. The molecule has 106 valence electrons. The van der Waals surface area contributed by atoms with Crippen LogP contribution in [0.1, 0.15) is 18.4 Å². The fourth-order valence-electron chi connectivity index (χ4n) is 2.19. The van der Waals surface area contributed by atoms with Crippen LogP contribution in [0.3, 0.4) is 0 Å². The van der Waals surface area contributed by atoms with Gasteiger partial charge in [0, 0.05) is 22.7 Å². The molecule has 1 amide bonds. The quantitative estimate of drug-likeness (QED) is 0.860. The summed E-state index contributed by atoms with van der Waals surface area (Å²) in [6.45, 7) is 0.418. The van der Waals surface area contributed by atoms with Crippen molar-refractivity contribution in [3.63, 3.8) is 0 Å². The number of carboxylic acid groups (broad SMARTS) is 1. The maximum Gasteiger partial charge on any atom is 0.326 e. The van der Waals surface area contributed by atoms with Gasteiger partial charge in [-0.3, -0.25) is 4.79 Å². The zero-order chi connectivity index (χ0) is 14.7. The number of carboxylic acids is 1. The van der Waals surface area contributed by atoms with Gasteiger partial charge < -0.3 is 10.0 Å². The first kappa shape index (κ1) is 14.7. The normalized spacial score (nSPS) is 18.7. The fraction of sp³-hybridized carbons (Fsp3) is 0.286. The van der Waals surface area contributed by atoms with E-state index < -0.39 is 23.7 Å². The first-order valence-corrected chi connectivity index (χ1v) is 6.95. The van der Waals surface area contributed by atoms with Gasteiger partial charge in [0.15, 0.2) is 0 Å². The standard InChI is InChI=1S/C14H13BrFNO3/c15-10-4-5-11(16)9(8-10)3-6-13(18)17-7-1-2-12(17)14(19)20/h3-6,8,12H,1-2,7H2,(H,19,20)/b6-3+/t12-/m0/s1. The van der Waals surface area contributed by atoms with Crippen molar-refractivity contribution in [2.45, 2.75) is 18.9 Å². The van der Waals surface area contributed by atoms with E-state index in [1.165, 1.54) is 23.1 Å². The van der Waals surface area contributed by atoms with Gasteiger partial charge in [-0.2, -0.15) is 0 Å². The van der Waals surface area contributed by atoms with E-state index in [9.17, 15) is 14.0 Å². The molecule has 2 rings (SSSR count). The third kappa shape index (κ3) is 3.25. The molecule has 1 aromatic carbocycles. The van der Waals surface area contributed by atoms with Gasteiger partial charge in [-0.15, -0.1) is 0 Å². The SMILES string of the molecule is O=C(O)[C@@H]1CCCN1C(=O)/C=C/c1cc(Br)ccc1F. The summed E-state index contributed by atoms with van der Waals surface area (Å²) in [6, 6.07) is 3.64. The summed E-state index contributed by atoms with van der Waals surface area (Å²) in [5.41, 5.74) is 0.277. The average molecular weight is 342 g/mol. The maximum atomic E-state index is 13.5. The molecular weight excluding hydrogens is 329 g/mol. The van der Waals surface area contributed by atoms with Crippen molar-refractivity contribution in [2.75, 3.05) is 6.54 Å². The Morgan fingerprint density at radius 1 is 1.45 bits per heavy atom. The van der Waals surface area contributed by atoms with Crippen LogP contribution in [-0.4, -0.2) is 34.5 Å². The number of rotatable bonds is 3. The van der Waals surface area contributed by atoms with Crippen LogP contribution in [0.2, 0.25) is 0 Å². The Kier molecular flexibility index (Phi) is 4.54. The number of benzene rings is 1. The topological polar surface area (TPSA) is 57.6 Å². The smallest absolute Gasteiger partial charge is 0.326 e. The number of likely N-dealkylation sites (tertiary alicyclic amines) is 1. The number of amides is 1. The molecule has 1 atom stereocenters. The lowest BCUT2D eigenvalue weighted by atomic mass is 10.2. The van der Waals surface area contributed by atoms with E-state index in [1.807, 2.05) is 0 Å². The van der Waals surface area contributed by atoms with E-state index in [4.69, 9.17) is 5.11 Å². The van der Waals surface area contributed by atoms with Crippen molar-refractivity contribution in [3.05, 3.63) is 40.1 Å². The molecule has 20 heavy (non-hydrogen) atoms. The largest absolute Gasteiger partial charge is 0.480 e. The second kappa shape index (κ2) is 6.17. The minimum atomic E-state index is -1.00. The van der Waals surface area contributed by atoms with Gasteiger partial charge in [0.05, 0.1) is 0 Å². The zero-order valence-electron chi connectivity index (χ0n) is 10.6. The molecule has 1 aliphatic rings. The molecular formula is C14H13BrFNO3. The minimum absolute atomic E-state index is 0.277. The number of halogens is 2.